The Morgan fingerprint density at radius 3 is 1.25 bits per heavy atom. The molecule has 0 rings (SSSR count). The standard InChI is InChI=1S/2C4H7NO/c2*1-3-5-4(2)6/h2*3H,1H2,2H3,(H,5,6). The van der Waals surface area contributed by atoms with Crippen LogP contribution in [-0.4, -0.2) is 11.8 Å². The molecule has 0 bridgehead atoms. The van der Waals surface area contributed by atoms with Crippen LogP contribution in [0.15, 0.2) is 25.6 Å². The molecule has 0 atom stereocenters. The van der Waals surface area contributed by atoms with Crippen LogP contribution >= 0.6 is 0 Å². The van der Waals surface area contributed by atoms with E-state index < -0.39 is 0 Å². The van der Waals surface area contributed by atoms with Crippen molar-refractivity contribution in [3.05, 3.63) is 25.6 Å². The van der Waals surface area contributed by atoms with Crippen LogP contribution in [0.2, 0.25) is 0 Å². The fourth-order valence-electron chi connectivity index (χ4n) is 0.287. The Morgan fingerprint density at radius 1 is 1.00 bits per heavy atom. The maximum Gasteiger partial charge on any atom is 0.220 e. The first-order chi connectivity index (χ1) is 5.54. The van der Waals surface area contributed by atoms with Crippen LogP contribution in [-0.2, 0) is 9.59 Å². The minimum absolute atomic E-state index is 0.0787. The summed E-state index contributed by atoms with van der Waals surface area (Å²) in [6, 6.07) is 0. The van der Waals surface area contributed by atoms with Crippen molar-refractivity contribution in [2.75, 3.05) is 0 Å². The summed E-state index contributed by atoms with van der Waals surface area (Å²) in [5.74, 6) is -0.157. The average molecular weight is 170 g/mol. The second-order valence-electron chi connectivity index (χ2n) is 1.81. The minimum Gasteiger partial charge on any atom is -0.334 e. The Kier molecular flexibility index (Phi) is 10.2. The molecule has 0 aromatic carbocycles. The number of rotatable bonds is 2. The third kappa shape index (κ3) is 23.7. The second-order valence-corrected chi connectivity index (χ2v) is 1.81. The zero-order valence-electron chi connectivity index (χ0n) is 7.39. The van der Waals surface area contributed by atoms with Crippen LogP contribution in [0.1, 0.15) is 13.8 Å². The lowest BCUT2D eigenvalue weighted by atomic mass is 10.7. The molecule has 12 heavy (non-hydrogen) atoms. The lowest BCUT2D eigenvalue weighted by Gasteiger charge is -1.83. The first kappa shape index (κ1) is 13.0. The summed E-state index contributed by atoms with van der Waals surface area (Å²) in [4.78, 5) is 19.7. The maximum atomic E-state index is 9.86. The summed E-state index contributed by atoms with van der Waals surface area (Å²) in [6.45, 7) is 9.40. The summed E-state index contributed by atoms with van der Waals surface area (Å²) in [7, 11) is 0. The van der Waals surface area contributed by atoms with Crippen molar-refractivity contribution >= 4 is 11.8 Å². The van der Waals surface area contributed by atoms with E-state index in [0.29, 0.717) is 0 Å². The van der Waals surface area contributed by atoms with Gasteiger partial charge in [0.05, 0.1) is 0 Å². The van der Waals surface area contributed by atoms with Gasteiger partial charge in [-0.15, -0.1) is 0 Å². The van der Waals surface area contributed by atoms with Crippen molar-refractivity contribution in [1.29, 1.82) is 0 Å². The van der Waals surface area contributed by atoms with E-state index in [1.54, 1.807) is 0 Å². The largest absolute Gasteiger partial charge is 0.334 e. The Labute approximate surface area is 72.3 Å². The number of carbonyl (C=O) groups is 2. The predicted molar refractivity (Wildman–Crippen MR) is 48.0 cm³/mol. The maximum absolute atomic E-state index is 9.86. The van der Waals surface area contributed by atoms with Gasteiger partial charge in [0.15, 0.2) is 0 Å². The van der Waals surface area contributed by atoms with Gasteiger partial charge in [-0.3, -0.25) is 9.59 Å². The van der Waals surface area contributed by atoms with Gasteiger partial charge in [-0.1, -0.05) is 13.2 Å². The van der Waals surface area contributed by atoms with Gasteiger partial charge in [0, 0.05) is 13.8 Å². The van der Waals surface area contributed by atoms with E-state index in [1.807, 2.05) is 0 Å². The molecule has 0 aromatic rings. The van der Waals surface area contributed by atoms with Gasteiger partial charge >= 0.3 is 0 Å². The summed E-state index contributed by atoms with van der Waals surface area (Å²) in [5, 5.41) is 4.67. The minimum atomic E-state index is -0.0787. The summed E-state index contributed by atoms with van der Waals surface area (Å²) >= 11 is 0. The summed E-state index contributed by atoms with van der Waals surface area (Å²) in [5.41, 5.74) is 0. The molecule has 0 radical (unpaired) electrons. The van der Waals surface area contributed by atoms with E-state index in [9.17, 15) is 9.59 Å². The van der Waals surface area contributed by atoms with Crippen LogP contribution in [0.3, 0.4) is 0 Å². The molecule has 2 N–H and O–H groups in total. The smallest absolute Gasteiger partial charge is 0.220 e. The van der Waals surface area contributed by atoms with Crippen LogP contribution in [0.25, 0.3) is 0 Å². The lowest BCUT2D eigenvalue weighted by molar-refractivity contribution is -0.118. The molecule has 0 spiro atoms. The van der Waals surface area contributed by atoms with Crippen molar-refractivity contribution in [1.82, 2.24) is 10.6 Å². The van der Waals surface area contributed by atoms with E-state index in [1.165, 1.54) is 26.2 Å². The quantitative estimate of drug-likeness (QED) is 0.635. The highest BCUT2D eigenvalue weighted by atomic mass is 16.1. The summed E-state index contributed by atoms with van der Waals surface area (Å²) in [6.07, 6.45) is 2.70. The van der Waals surface area contributed by atoms with Gasteiger partial charge in [-0.2, -0.15) is 0 Å². The number of hydrogen-bond donors (Lipinski definition) is 2. The monoisotopic (exact) mass is 170 g/mol. The van der Waals surface area contributed by atoms with Crippen molar-refractivity contribution < 1.29 is 9.59 Å². The molecule has 0 aliphatic rings. The molecule has 0 saturated heterocycles. The zero-order chi connectivity index (χ0) is 9.98. The normalized spacial score (nSPS) is 6.83. The fraction of sp³-hybridized carbons (Fsp3) is 0.250. The van der Waals surface area contributed by atoms with Gasteiger partial charge in [-0.25, -0.2) is 0 Å². The molecule has 0 heterocycles. The Balaban J connectivity index is 0. The molecule has 68 valence electrons. The molecule has 0 fully saturated rings. The van der Waals surface area contributed by atoms with E-state index in [0.717, 1.165) is 0 Å². The Morgan fingerprint density at radius 2 is 1.25 bits per heavy atom. The van der Waals surface area contributed by atoms with Crippen molar-refractivity contribution in [3.63, 3.8) is 0 Å². The van der Waals surface area contributed by atoms with Crippen molar-refractivity contribution in [2.45, 2.75) is 13.8 Å². The number of amides is 2. The first-order valence-electron chi connectivity index (χ1n) is 3.30. The highest BCUT2D eigenvalue weighted by Crippen LogP contribution is 1.54. The molecule has 2 amide bonds. The second kappa shape index (κ2) is 9.42. The van der Waals surface area contributed by atoms with E-state index in [2.05, 4.69) is 23.8 Å². The molecule has 4 heteroatoms. The number of carbonyl (C=O) groups excluding carboxylic acids is 2. The average Bonchev–Trinajstić information content (AvgIpc) is 1.87. The Hall–Kier alpha value is -1.58. The highest BCUT2D eigenvalue weighted by molar-refractivity contribution is 5.74. The molecule has 0 saturated carbocycles. The van der Waals surface area contributed by atoms with Crippen molar-refractivity contribution in [2.24, 2.45) is 0 Å². The van der Waals surface area contributed by atoms with Crippen LogP contribution in [0.5, 0.6) is 0 Å². The van der Waals surface area contributed by atoms with Gasteiger partial charge in [-0.05, 0) is 12.4 Å². The summed E-state index contributed by atoms with van der Waals surface area (Å²) < 4.78 is 0. The zero-order valence-corrected chi connectivity index (χ0v) is 7.39. The SMILES string of the molecule is C=CNC(C)=O.C=CNC(C)=O. The van der Waals surface area contributed by atoms with E-state index in [4.69, 9.17) is 0 Å². The molecule has 0 aliphatic carbocycles. The first-order valence-corrected chi connectivity index (χ1v) is 3.30. The van der Waals surface area contributed by atoms with E-state index >= 15 is 0 Å². The lowest BCUT2D eigenvalue weighted by Crippen LogP contribution is -2.10. The number of nitrogens with one attached hydrogen (secondary N) is 2. The fourth-order valence-corrected chi connectivity index (χ4v) is 0.287. The van der Waals surface area contributed by atoms with Crippen LogP contribution < -0.4 is 10.6 Å². The Bertz CT molecular complexity index is 156. The molecule has 0 aromatic heterocycles. The van der Waals surface area contributed by atoms with Crippen LogP contribution in [0.4, 0.5) is 0 Å². The van der Waals surface area contributed by atoms with Gasteiger partial charge in [0.1, 0.15) is 0 Å². The third-order valence-corrected chi connectivity index (χ3v) is 0.611. The topological polar surface area (TPSA) is 58.2 Å². The van der Waals surface area contributed by atoms with Crippen molar-refractivity contribution in [3.8, 4) is 0 Å². The van der Waals surface area contributed by atoms with Gasteiger partial charge in [0.2, 0.25) is 11.8 Å². The van der Waals surface area contributed by atoms with Gasteiger partial charge in [0.25, 0.3) is 0 Å². The number of hydrogen-bond acceptors (Lipinski definition) is 2. The third-order valence-electron chi connectivity index (χ3n) is 0.611. The molecular weight excluding hydrogens is 156 g/mol. The van der Waals surface area contributed by atoms with Crippen LogP contribution in [0, 0.1) is 0 Å². The predicted octanol–water partition coefficient (Wildman–Crippen LogP) is 0.532. The van der Waals surface area contributed by atoms with Gasteiger partial charge < -0.3 is 10.6 Å². The highest BCUT2D eigenvalue weighted by Gasteiger charge is 1.76. The van der Waals surface area contributed by atoms with E-state index in [-0.39, 0.29) is 11.8 Å². The molecule has 0 aliphatic heterocycles. The molecular formula is C8H14N2O2. The molecule has 4 nitrogen and oxygen atoms in total. The molecule has 0 unspecified atom stereocenters.